The average molecular weight is 349 g/mol. The molecule has 1 aliphatic rings. The number of hydrogen-bond acceptors (Lipinski definition) is 7. The van der Waals surface area contributed by atoms with Gasteiger partial charge in [-0.05, 0) is 12.5 Å². The van der Waals surface area contributed by atoms with Crippen LogP contribution in [-0.4, -0.2) is 44.6 Å². The summed E-state index contributed by atoms with van der Waals surface area (Å²) in [6, 6.07) is 5.21. The van der Waals surface area contributed by atoms with Gasteiger partial charge in [0.2, 0.25) is 11.8 Å². The van der Waals surface area contributed by atoms with Crippen molar-refractivity contribution in [2.75, 3.05) is 24.3 Å². The first kappa shape index (κ1) is 20.3. The fourth-order valence-corrected chi connectivity index (χ4v) is 2.47. The van der Waals surface area contributed by atoms with Crippen LogP contribution in [0.1, 0.15) is 24.8 Å². The van der Waals surface area contributed by atoms with Crippen molar-refractivity contribution in [1.29, 1.82) is 0 Å². The lowest BCUT2D eigenvalue weighted by atomic mass is 10.0. The Bertz CT molecular complexity index is 606. The van der Waals surface area contributed by atoms with Crippen LogP contribution in [0.5, 0.6) is 0 Å². The molecule has 0 aliphatic carbocycles. The van der Waals surface area contributed by atoms with Crippen LogP contribution in [0.15, 0.2) is 18.2 Å². The molecule has 1 atom stereocenters. The molecule has 1 aromatic carbocycles. The molecule has 1 aliphatic heterocycles. The number of carbonyl (C=O) groups excluding carboxylic acids is 4. The van der Waals surface area contributed by atoms with E-state index in [1.165, 1.54) is 0 Å². The van der Waals surface area contributed by atoms with Gasteiger partial charge in [-0.25, -0.2) is 0 Å². The Balaban J connectivity index is 0.00000151. The zero-order valence-electron chi connectivity index (χ0n) is 14.2. The molecule has 8 nitrogen and oxygen atoms in total. The van der Waals surface area contributed by atoms with E-state index >= 15 is 0 Å². The fraction of sp³-hybridized carbons (Fsp3) is 0.412. The van der Waals surface area contributed by atoms with Crippen molar-refractivity contribution in [3.05, 3.63) is 23.8 Å². The maximum Gasteiger partial charge on any atom is 0.249 e. The standard InChI is InChI=1S/C16H21N3O4.CH2O/c1-17-15-11(10-23-9-3-8-20)4-2-5-12(15)18-13-6-7-14(21)19-16(13)22;1-2/h2,4-5,8,13,17-18H,3,6-7,9-10H2,1H3,(H,19,21,22);1H2. The molecule has 0 spiro atoms. The van der Waals surface area contributed by atoms with Crippen LogP contribution in [0.2, 0.25) is 0 Å². The molecule has 8 heteroatoms. The lowest BCUT2D eigenvalue weighted by molar-refractivity contribution is -0.133. The van der Waals surface area contributed by atoms with Gasteiger partial charge in [-0.1, -0.05) is 12.1 Å². The molecule has 136 valence electrons. The van der Waals surface area contributed by atoms with Crippen LogP contribution in [0.25, 0.3) is 0 Å². The number of para-hydroxylation sites is 1. The fourth-order valence-electron chi connectivity index (χ4n) is 2.47. The third-order valence-corrected chi connectivity index (χ3v) is 3.61. The number of aldehydes is 1. The van der Waals surface area contributed by atoms with E-state index < -0.39 is 6.04 Å². The quantitative estimate of drug-likeness (QED) is 0.362. The Hall–Kier alpha value is -2.74. The van der Waals surface area contributed by atoms with Crippen LogP contribution in [0.4, 0.5) is 11.4 Å². The number of hydrogen-bond donors (Lipinski definition) is 3. The van der Waals surface area contributed by atoms with Crippen LogP contribution < -0.4 is 16.0 Å². The molecule has 0 radical (unpaired) electrons. The molecule has 2 amide bonds. The minimum Gasteiger partial charge on any atom is -0.386 e. The SMILES string of the molecule is C=O.CNc1c(COCCC=O)cccc1NC1CCC(=O)NC1=O. The van der Waals surface area contributed by atoms with Gasteiger partial charge in [0.1, 0.15) is 19.1 Å². The van der Waals surface area contributed by atoms with Crippen LogP contribution in [0.3, 0.4) is 0 Å². The first-order valence-corrected chi connectivity index (χ1v) is 7.85. The third kappa shape index (κ3) is 6.00. The zero-order valence-corrected chi connectivity index (χ0v) is 14.2. The third-order valence-electron chi connectivity index (χ3n) is 3.61. The highest BCUT2D eigenvalue weighted by atomic mass is 16.5. The van der Waals surface area contributed by atoms with Crippen molar-refractivity contribution in [2.24, 2.45) is 0 Å². The highest BCUT2D eigenvalue weighted by Gasteiger charge is 2.27. The summed E-state index contributed by atoms with van der Waals surface area (Å²) in [5, 5.41) is 8.61. The summed E-state index contributed by atoms with van der Waals surface area (Å²) in [5.74, 6) is -0.546. The number of rotatable bonds is 8. The number of carbonyl (C=O) groups is 4. The van der Waals surface area contributed by atoms with E-state index in [9.17, 15) is 14.4 Å². The second-order valence-electron chi connectivity index (χ2n) is 5.25. The molecule has 0 bridgehead atoms. The number of ether oxygens (including phenoxy) is 1. The number of piperidine rings is 1. The molecule has 0 saturated carbocycles. The number of benzene rings is 1. The summed E-state index contributed by atoms with van der Waals surface area (Å²) >= 11 is 0. The molecule has 1 saturated heterocycles. The normalized spacial score (nSPS) is 16.3. The van der Waals surface area contributed by atoms with Crippen LogP contribution in [0, 0.1) is 0 Å². The van der Waals surface area contributed by atoms with Crippen molar-refractivity contribution in [2.45, 2.75) is 31.9 Å². The van der Waals surface area contributed by atoms with Crippen molar-refractivity contribution in [3.63, 3.8) is 0 Å². The van der Waals surface area contributed by atoms with Crippen LogP contribution in [-0.2, 0) is 30.5 Å². The van der Waals surface area contributed by atoms with Gasteiger partial charge in [-0.15, -0.1) is 0 Å². The summed E-state index contributed by atoms with van der Waals surface area (Å²) < 4.78 is 5.46. The molecular weight excluding hydrogens is 326 g/mol. The van der Waals surface area contributed by atoms with Gasteiger partial charge in [0, 0.05) is 25.5 Å². The molecular formula is C17H23N3O5. The molecule has 2 rings (SSSR count). The maximum absolute atomic E-state index is 11.9. The smallest absolute Gasteiger partial charge is 0.249 e. The predicted molar refractivity (Wildman–Crippen MR) is 93.2 cm³/mol. The summed E-state index contributed by atoms with van der Waals surface area (Å²) in [5.41, 5.74) is 2.54. The molecule has 25 heavy (non-hydrogen) atoms. The number of anilines is 2. The van der Waals surface area contributed by atoms with Crippen molar-refractivity contribution >= 4 is 36.3 Å². The first-order valence-electron chi connectivity index (χ1n) is 7.85. The minimum absolute atomic E-state index is 0.237. The van der Waals surface area contributed by atoms with E-state index in [1.54, 1.807) is 7.05 Å². The van der Waals surface area contributed by atoms with Gasteiger partial charge < -0.3 is 25.0 Å². The van der Waals surface area contributed by atoms with E-state index in [0.29, 0.717) is 32.5 Å². The van der Waals surface area contributed by atoms with Gasteiger partial charge in [-0.3, -0.25) is 14.9 Å². The van der Waals surface area contributed by atoms with Gasteiger partial charge in [0.05, 0.1) is 24.6 Å². The Morgan fingerprint density at radius 2 is 2.12 bits per heavy atom. The van der Waals surface area contributed by atoms with Gasteiger partial charge >= 0.3 is 0 Å². The number of nitrogens with one attached hydrogen (secondary N) is 3. The topological polar surface area (TPSA) is 114 Å². The Kier molecular flexibility index (Phi) is 8.87. The average Bonchev–Trinajstić information content (AvgIpc) is 2.63. The number of amides is 2. The van der Waals surface area contributed by atoms with Gasteiger partial charge in [-0.2, -0.15) is 0 Å². The van der Waals surface area contributed by atoms with E-state index in [2.05, 4.69) is 16.0 Å². The molecule has 0 aromatic heterocycles. The van der Waals surface area contributed by atoms with Crippen LogP contribution >= 0.6 is 0 Å². The molecule has 1 heterocycles. The molecule has 3 N–H and O–H groups in total. The molecule has 1 fully saturated rings. The Labute approximate surface area is 146 Å². The predicted octanol–water partition coefficient (Wildman–Crippen LogP) is 0.866. The van der Waals surface area contributed by atoms with Gasteiger partial charge in [0.15, 0.2) is 0 Å². The largest absolute Gasteiger partial charge is 0.386 e. The van der Waals surface area contributed by atoms with E-state index in [0.717, 1.165) is 23.2 Å². The lowest BCUT2D eigenvalue weighted by Crippen LogP contribution is -2.47. The van der Waals surface area contributed by atoms with E-state index in [-0.39, 0.29) is 11.8 Å². The molecule has 1 aromatic rings. The monoisotopic (exact) mass is 349 g/mol. The van der Waals surface area contributed by atoms with E-state index in [4.69, 9.17) is 9.53 Å². The minimum atomic E-state index is -0.439. The summed E-state index contributed by atoms with van der Waals surface area (Å²) in [6.45, 7) is 2.74. The Morgan fingerprint density at radius 3 is 2.76 bits per heavy atom. The van der Waals surface area contributed by atoms with Gasteiger partial charge in [0.25, 0.3) is 0 Å². The highest BCUT2D eigenvalue weighted by Crippen LogP contribution is 2.28. The summed E-state index contributed by atoms with van der Waals surface area (Å²) in [6.07, 6.45) is 1.98. The molecule has 1 unspecified atom stereocenters. The number of imide groups is 1. The lowest BCUT2D eigenvalue weighted by Gasteiger charge is -2.25. The summed E-state index contributed by atoms with van der Waals surface area (Å²) in [4.78, 5) is 41.4. The zero-order chi connectivity index (χ0) is 18.7. The van der Waals surface area contributed by atoms with Crippen molar-refractivity contribution in [1.82, 2.24) is 5.32 Å². The van der Waals surface area contributed by atoms with Crippen molar-refractivity contribution in [3.8, 4) is 0 Å². The Morgan fingerprint density at radius 1 is 1.36 bits per heavy atom. The maximum atomic E-state index is 11.9. The second kappa shape index (κ2) is 10.9. The first-order chi connectivity index (χ1) is 12.2. The second-order valence-corrected chi connectivity index (χ2v) is 5.25. The highest BCUT2D eigenvalue weighted by molar-refractivity contribution is 6.01. The summed E-state index contributed by atoms with van der Waals surface area (Å²) in [7, 11) is 1.79. The van der Waals surface area contributed by atoms with Crippen molar-refractivity contribution < 1.29 is 23.9 Å². The van der Waals surface area contributed by atoms with E-state index in [1.807, 2.05) is 25.0 Å².